The van der Waals surface area contributed by atoms with Crippen molar-refractivity contribution in [3.63, 3.8) is 0 Å². The monoisotopic (exact) mass is 369 g/mol. The Hall–Kier alpha value is -2.93. The highest BCUT2D eigenvalue weighted by atomic mass is 16.5. The van der Waals surface area contributed by atoms with Crippen LogP contribution in [0.4, 0.5) is 0 Å². The van der Waals surface area contributed by atoms with E-state index in [-0.39, 0.29) is 30.5 Å². The van der Waals surface area contributed by atoms with Gasteiger partial charge in [0.05, 0.1) is 6.10 Å². The van der Waals surface area contributed by atoms with E-state index in [1.807, 2.05) is 24.3 Å². The third kappa shape index (κ3) is 4.83. The van der Waals surface area contributed by atoms with Crippen LogP contribution < -0.4 is 11.1 Å². The smallest absolute Gasteiger partial charge is 0.329 e. The first-order valence-electron chi connectivity index (χ1n) is 8.95. The molecule has 142 valence electrons. The minimum absolute atomic E-state index is 0.0154. The average molecular weight is 369 g/mol. The molecule has 1 saturated carbocycles. The summed E-state index contributed by atoms with van der Waals surface area (Å²) in [6, 6.07) is 11.0. The van der Waals surface area contributed by atoms with Gasteiger partial charge < -0.3 is 20.9 Å². The Balaban J connectivity index is 1.59. The van der Waals surface area contributed by atoms with Gasteiger partial charge in [-0.05, 0) is 54.7 Å². The van der Waals surface area contributed by atoms with Crippen molar-refractivity contribution in [3.05, 3.63) is 47.5 Å². The molecule has 7 heteroatoms. The highest BCUT2D eigenvalue weighted by molar-refractivity contribution is 6.02. The molecule has 0 radical (unpaired) electrons. The van der Waals surface area contributed by atoms with Crippen molar-refractivity contribution in [3.8, 4) is 0 Å². The topological polar surface area (TPSA) is 126 Å². The van der Waals surface area contributed by atoms with Crippen molar-refractivity contribution in [1.82, 2.24) is 5.32 Å². The zero-order chi connectivity index (χ0) is 19.4. The predicted molar refractivity (Wildman–Crippen MR) is 102 cm³/mol. The van der Waals surface area contributed by atoms with E-state index in [2.05, 4.69) is 5.32 Å². The van der Waals surface area contributed by atoms with Crippen LogP contribution in [0, 0.1) is 5.41 Å². The minimum atomic E-state index is -0.961. The molecule has 3 rings (SSSR count). The van der Waals surface area contributed by atoms with Gasteiger partial charge in [0.2, 0.25) is 0 Å². The first kappa shape index (κ1) is 18.8. The Labute approximate surface area is 157 Å². The van der Waals surface area contributed by atoms with Crippen molar-refractivity contribution in [2.45, 2.75) is 37.8 Å². The third-order valence-electron chi connectivity index (χ3n) is 4.87. The lowest BCUT2D eigenvalue weighted by molar-refractivity contribution is -0.145. The molecule has 0 unspecified atom stereocenters. The van der Waals surface area contributed by atoms with Gasteiger partial charge in [-0.2, -0.15) is 0 Å². The van der Waals surface area contributed by atoms with Crippen LogP contribution in [0.2, 0.25) is 0 Å². The fraction of sp³-hybridized carbons (Fsp3) is 0.350. The number of carboxylic acid groups (broad SMARTS) is 1. The number of nitrogens with one attached hydrogen (secondary N) is 2. The van der Waals surface area contributed by atoms with Crippen LogP contribution in [-0.4, -0.2) is 41.6 Å². The van der Waals surface area contributed by atoms with E-state index in [1.54, 1.807) is 12.1 Å². The molecule has 0 atom stereocenters. The highest BCUT2D eigenvalue weighted by Crippen LogP contribution is 2.22. The van der Waals surface area contributed by atoms with Gasteiger partial charge in [-0.3, -0.25) is 10.2 Å². The number of fused-ring (bicyclic) bond motifs is 1. The van der Waals surface area contributed by atoms with E-state index < -0.39 is 5.97 Å². The van der Waals surface area contributed by atoms with Crippen molar-refractivity contribution in [2.24, 2.45) is 5.73 Å². The fourth-order valence-electron chi connectivity index (χ4n) is 3.39. The summed E-state index contributed by atoms with van der Waals surface area (Å²) < 4.78 is 5.32. The molecule has 7 nitrogen and oxygen atoms in total. The van der Waals surface area contributed by atoms with Crippen LogP contribution in [0.1, 0.15) is 41.6 Å². The SMILES string of the molecule is N=C(N)c1ccc2cc(C(=O)NC3CCC(OCC(=O)O)CC3)ccc2c1. The highest BCUT2D eigenvalue weighted by Gasteiger charge is 2.23. The average Bonchev–Trinajstić information content (AvgIpc) is 2.66. The maximum atomic E-state index is 12.6. The van der Waals surface area contributed by atoms with Gasteiger partial charge in [0.25, 0.3) is 5.91 Å². The molecule has 5 N–H and O–H groups in total. The van der Waals surface area contributed by atoms with Gasteiger partial charge in [-0.15, -0.1) is 0 Å². The number of carbonyl (C=O) groups excluding carboxylic acids is 1. The van der Waals surface area contributed by atoms with Crippen LogP contribution in [0.5, 0.6) is 0 Å². The van der Waals surface area contributed by atoms with Crippen LogP contribution in [-0.2, 0) is 9.53 Å². The van der Waals surface area contributed by atoms with Gasteiger partial charge in [0.15, 0.2) is 0 Å². The molecule has 0 saturated heterocycles. The molecule has 0 heterocycles. The van der Waals surface area contributed by atoms with Gasteiger partial charge in [0.1, 0.15) is 12.4 Å². The van der Waals surface area contributed by atoms with E-state index in [9.17, 15) is 9.59 Å². The number of hydrogen-bond donors (Lipinski definition) is 4. The molecular formula is C20H23N3O4. The summed E-state index contributed by atoms with van der Waals surface area (Å²) in [5.41, 5.74) is 6.75. The number of aliphatic carboxylic acids is 1. The van der Waals surface area contributed by atoms with Gasteiger partial charge in [0, 0.05) is 17.2 Å². The molecule has 27 heavy (non-hydrogen) atoms. The number of amidine groups is 1. The largest absolute Gasteiger partial charge is 0.480 e. The summed E-state index contributed by atoms with van der Waals surface area (Å²) in [7, 11) is 0. The Morgan fingerprint density at radius 2 is 1.67 bits per heavy atom. The number of carboxylic acids is 1. The zero-order valence-electron chi connectivity index (χ0n) is 14.9. The van der Waals surface area contributed by atoms with Crippen LogP contribution in [0.15, 0.2) is 36.4 Å². The van der Waals surface area contributed by atoms with E-state index in [0.717, 1.165) is 36.5 Å². The van der Waals surface area contributed by atoms with E-state index >= 15 is 0 Å². The summed E-state index contributed by atoms with van der Waals surface area (Å²) in [6.07, 6.45) is 2.97. The van der Waals surface area contributed by atoms with Crippen molar-refractivity contribution in [1.29, 1.82) is 5.41 Å². The van der Waals surface area contributed by atoms with Gasteiger partial charge >= 0.3 is 5.97 Å². The van der Waals surface area contributed by atoms with Crippen molar-refractivity contribution < 1.29 is 19.4 Å². The Bertz CT molecular complexity index is 873. The summed E-state index contributed by atoms with van der Waals surface area (Å²) in [6.45, 7) is -0.274. The molecule has 1 aliphatic rings. The first-order chi connectivity index (χ1) is 12.9. The lowest BCUT2D eigenvalue weighted by Crippen LogP contribution is -2.39. The summed E-state index contributed by atoms with van der Waals surface area (Å²) in [5, 5.41) is 21.1. The molecule has 0 aromatic heterocycles. The summed E-state index contributed by atoms with van der Waals surface area (Å²) in [4.78, 5) is 23.1. The first-order valence-corrected chi connectivity index (χ1v) is 8.95. The second-order valence-electron chi connectivity index (χ2n) is 6.84. The molecule has 1 amide bonds. The van der Waals surface area contributed by atoms with E-state index in [0.29, 0.717) is 11.1 Å². The number of hydrogen-bond acceptors (Lipinski definition) is 4. The maximum Gasteiger partial charge on any atom is 0.329 e. The number of nitrogens with two attached hydrogens (primary N) is 1. The van der Waals surface area contributed by atoms with Crippen LogP contribution in [0.3, 0.4) is 0 Å². The quantitative estimate of drug-likeness (QED) is 0.459. The standard InChI is InChI=1S/C20H23N3O4/c21-19(22)14-3-1-13-10-15(4-2-12(13)9-14)20(26)23-16-5-7-17(8-6-16)27-11-18(24)25/h1-4,9-10,16-17H,5-8,11H2,(H3,21,22)(H,23,26)(H,24,25). The van der Waals surface area contributed by atoms with Gasteiger partial charge in [-0.1, -0.05) is 18.2 Å². The number of amides is 1. The predicted octanol–water partition coefficient (Wildman–Crippen LogP) is 2.27. The van der Waals surface area contributed by atoms with E-state index in [1.165, 1.54) is 0 Å². The second-order valence-corrected chi connectivity index (χ2v) is 6.84. The van der Waals surface area contributed by atoms with Crippen LogP contribution in [0.25, 0.3) is 10.8 Å². The zero-order valence-corrected chi connectivity index (χ0v) is 14.9. The lowest BCUT2D eigenvalue weighted by atomic mass is 9.92. The molecule has 0 spiro atoms. The maximum absolute atomic E-state index is 12.6. The molecule has 2 aromatic carbocycles. The molecule has 0 aliphatic heterocycles. The number of carbonyl (C=O) groups is 2. The van der Waals surface area contributed by atoms with Crippen molar-refractivity contribution in [2.75, 3.05) is 6.61 Å². The lowest BCUT2D eigenvalue weighted by Gasteiger charge is -2.28. The number of ether oxygens (including phenoxy) is 1. The molecule has 1 fully saturated rings. The summed E-state index contributed by atoms with van der Waals surface area (Å²) in [5.74, 6) is -1.07. The van der Waals surface area contributed by atoms with E-state index in [4.69, 9.17) is 21.0 Å². The molecule has 0 bridgehead atoms. The third-order valence-corrected chi connectivity index (χ3v) is 4.87. The molecule has 1 aliphatic carbocycles. The van der Waals surface area contributed by atoms with Gasteiger partial charge in [-0.25, -0.2) is 4.79 Å². The number of rotatable bonds is 6. The Kier molecular flexibility index (Phi) is 5.71. The van der Waals surface area contributed by atoms with Crippen molar-refractivity contribution >= 4 is 28.5 Å². The minimum Gasteiger partial charge on any atom is -0.480 e. The summed E-state index contributed by atoms with van der Waals surface area (Å²) >= 11 is 0. The second kappa shape index (κ2) is 8.18. The number of benzene rings is 2. The van der Waals surface area contributed by atoms with Crippen LogP contribution >= 0.6 is 0 Å². The normalized spacial score (nSPS) is 19.6. The molecule has 2 aromatic rings. The Morgan fingerprint density at radius 3 is 2.26 bits per heavy atom. The number of nitrogen functional groups attached to an aromatic ring is 1. The fourth-order valence-corrected chi connectivity index (χ4v) is 3.39. The molecular weight excluding hydrogens is 346 g/mol. The Morgan fingerprint density at radius 1 is 1.07 bits per heavy atom.